The van der Waals surface area contributed by atoms with E-state index in [4.69, 9.17) is 10.5 Å². The molecule has 0 heterocycles. The summed E-state index contributed by atoms with van der Waals surface area (Å²) in [6, 6.07) is 4.75. The smallest absolute Gasteiger partial charge is 0.184 e. The SMILES string of the molecule is COc1cc(N)ccc1S(=O)(=O)C1CCCCCC1. The second-order valence-corrected chi connectivity index (χ2v) is 7.27. The Labute approximate surface area is 114 Å². The molecule has 19 heavy (non-hydrogen) atoms. The summed E-state index contributed by atoms with van der Waals surface area (Å²) < 4.78 is 30.6. The third-order valence-electron chi connectivity index (χ3n) is 3.74. The van der Waals surface area contributed by atoms with Gasteiger partial charge in [0.1, 0.15) is 10.6 Å². The quantitative estimate of drug-likeness (QED) is 0.684. The van der Waals surface area contributed by atoms with E-state index < -0.39 is 9.84 Å². The summed E-state index contributed by atoms with van der Waals surface area (Å²) in [4.78, 5) is 0.274. The van der Waals surface area contributed by atoms with Crippen LogP contribution in [-0.4, -0.2) is 20.8 Å². The van der Waals surface area contributed by atoms with Crippen LogP contribution in [0.4, 0.5) is 5.69 Å². The van der Waals surface area contributed by atoms with Crippen molar-refractivity contribution >= 4 is 15.5 Å². The molecule has 1 aliphatic carbocycles. The van der Waals surface area contributed by atoms with E-state index >= 15 is 0 Å². The molecule has 0 unspecified atom stereocenters. The molecular weight excluding hydrogens is 262 g/mol. The van der Waals surface area contributed by atoms with Gasteiger partial charge >= 0.3 is 0 Å². The summed E-state index contributed by atoms with van der Waals surface area (Å²) in [5, 5.41) is -0.285. The second kappa shape index (κ2) is 5.82. The van der Waals surface area contributed by atoms with Crippen LogP contribution in [0, 0.1) is 0 Å². The number of hydrogen-bond donors (Lipinski definition) is 1. The molecule has 5 heteroatoms. The van der Waals surface area contributed by atoms with Crippen molar-refractivity contribution in [3.63, 3.8) is 0 Å². The Bertz CT molecular complexity index is 532. The first-order valence-corrected chi connectivity index (χ1v) is 8.28. The van der Waals surface area contributed by atoms with Gasteiger partial charge in [-0.25, -0.2) is 8.42 Å². The van der Waals surface area contributed by atoms with Crippen LogP contribution in [0.5, 0.6) is 5.75 Å². The van der Waals surface area contributed by atoms with Gasteiger partial charge in [0.15, 0.2) is 9.84 Å². The molecule has 0 aliphatic heterocycles. The topological polar surface area (TPSA) is 69.4 Å². The summed E-state index contributed by atoms with van der Waals surface area (Å²) in [5.41, 5.74) is 6.19. The summed E-state index contributed by atoms with van der Waals surface area (Å²) >= 11 is 0. The molecule has 106 valence electrons. The van der Waals surface area contributed by atoms with Crippen LogP contribution in [0.25, 0.3) is 0 Å². The first-order valence-electron chi connectivity index (χ1n) is 6.73. The fourth-order valence-electron chi connectivity index (χ4n) is 2.65. The second-order valence-electron chi connectivity index (χ2n) is 5.07. The van der Waals surface area contributed by atoms with E-state index in [0.29, 0.717) is 11.4 Å². The van der Waals surface area contributed by atoms with Gasteiger partial charge in [0, 0.05) is 11.8 Å². The number of rotatable bonds is 3. The molecule has 1 aromatic carbocycles. The van der Waals surface area contributed by atoms with E-state index in [1.54, 1.807) is 18.2 Å². The van der Waals surface area contributed by atoms with E-state index in [-0.39, 0.29) is 10.1 Å². The Hall–Kier alpha value is -1.23. The molecule has 4 nitrogen and oxygen atoms in total. The van der Waals surface area contributed by atoms with Gasteiger partial charge in [0.2, 0.25) is 0 Å². The first kappa shape index (κ1) is 14.2. The Kier molecular flexibility index (Phi) is 4.34. The van der Waals surface area contributed by atoms with E-state index in [0.717, 1.165) is 38.5 Å². The average Bonchev–Trinajstić information content (AvgIpc) is 2.67. The van der Waals surface area contributed by atoms with Crippen LogP contribution in [0.2, 0.25) is 0 Å². The lowest BCUT2D eigenvalue weighted by Crippen LogP contribution is -2.21. The number of methoxy groups -OCH3 is 1. The molecule has 1 aromatic rings. The van der Waals surface area contributed by atoms with Gasteiger partial charge in [-0.3, -0.25) is 0 Å². The lowest BCUT2D eigenvalue weighted by molar-refractivity contribution is 0.402. The van der Waals surface area contributed by atoms with Crippen LogP contribution in [-0.2, 0) is 9.84 Å². The van der Waals surface area contributed by atoms with E-state index in [9.17, 15) is 8.42 Å². The van der Waals surface area contributed by atoms with Gasteiger partial charge in [-0.1, -0.05) is 25.7 Å². The van der Waals surface area contributed by atoms with Crippen LogP contribution >= 0.6 is 0 Å². The number of anilines is 1. The Morgan fingerprint density at radius 1 is 1.16 bits per heavy atom. The maximum atomic E-state index is 12.7. The summed E-state index contributed by atoms with van der Waals surface area (Å²) in [6.45, 7) is 0. The molecule has 0 atom stereocenters. The van der Waals surface area contributed by atoms with Crippen molar-refractivity contribution < 1.29 is 13.2 Å². The molecule has 0 saturated heterocycles. The maximum Gasteiger partial charge on any atom is 0.184 e. The van der Waals surface area contributed by atoms with Crippen molar-refractivity contribution in [2.45, 2.75) is 48.7 Å². The van der Waals surface area contributed by atoms with Gasteiger partial charge in [-0.15, -0.1) is 0 Å². The highest BCUT2D eigenvalue weighted by Crippen LogP contribution is 2.33. The Morgan fingerprint density at radius 3 is 2.37 bits per heavy atom. The van der Waals surface area contributed by atoms with Crippen molar-refractivity contribution in [1.29, 1.82) is 0 Å². The normalized spacial score (nSPS) is 17.9. The van der Waals surface area contributed by atoms with Crippen molar-refractivity contribution in [3.8, 4) is 5.75 Å². The molecule has 0 radical (unpaired) electrons. The number of nitrogen functional groups attached to an aromatic ring is 1. The number of nitrogens with two attached hydrogens (primary N) is 1. The lowest BCUT2D eigenvalue weighted by Gasteiger charge is -2.17. The van der Waals surface area contributed by atoms with Crippen molar-refractivity contribution in [2.75, 3.05) is 12.8 Å². The van der Waals surface area contributed by atoms with Crippen molar-refractivity contribution in [1.82, 2.24) is 0 Å². The molecule has 1 aliphatic rings. The highest BCUT2D eigenvalue weighted by atomic mass is 32.2. The van der Waals surface area contributed by atoms with Crippen LogP contribution in [0.3, 0.4) is 0 Å². The highest BCUT2D eigenvalue weighted by molar-refractivity contribution is 7.92. The lowest BCUT2D eigenvalue weighted by atomic mass is 10.2. The minimum absolute atomic E-state index is 0.274. The van der Waals surface area contributed by atoms with E-state index in [1.165, 1.54) is 7.11 Å². The number of ether oxygens (including phenoxy) is 1. The van der Waals surface area contributed by atoms with E-state index in [2.05, 4.69) is 0 Å². The average molecular weight is 283 g/mol. The van der Waals surface area contributed by atoms with Gasteiger partial charge in [0.25, 0.3) is 0 Å². The predicted octanol–water partition coefficient (Wildman–Crippen LogP) is 2.77. The largest absolute Gasteiger partial charge is 0.495 e. The highest BCUT2D eigenvalue weighted by Gasteiger charge is 2.30. The molecule has 0 aromatic heterocycles. The third-order valence-corrected chi connectivity index (χ3v) is 6.03. The maximum absolute atomic E-state index is 12.7. The number of hydrogen-bond acceptors (Lipinski definition) is 4. The van der Waals surface area contributed by atoms with Crippen molar-refractivity contribution in [3.05, 3.63) is 18.2 Å². The fraction of sp³-hybridized carbons (Fsp3) is 0.571. The minimum Gasteiger partial charge on any atom is -0.495 e. The third kappa shape index (κ3) is 3.03. The minimum atomic E-state index is -3.33. The zero-order chi connectivity index (χ0) is 13.9. The molecule has 1 fully saturated rings. The summed E-state index contributed by atoms with van der Waals surface area (Å²) in [5.74, 6) is 0.351. The zero-order valence-electron chi connectivity index (χ0n) is 11.3. The molecule has 0 amide bonds. The Morgan fingerprint density at radius 2 is 1.79 bits per heavy atom. The fourth-order valence-corrected chi connectivity index (χ4v) is 4.64. The molecule has 0 bridgehead atoms. The van der Waals surface area contributed by atoms with Crippen LogP contribution in [0.1, 0.15) is 38.5 Å². The van der Waals surface area contributed by atoms with E-state index in [1.807, 2.05) is 0 Å². The summed E-state index contributed by atoms with van der Waals surface area (Å²) in [7, 11) is -1.85. The van der Waals surface area contributed by atoms with Gasteiger partial charge in [0.05, 0.1) is 12.4 Å². The summed E-state index contributed by atoms with van der Waals surface area (Å²) in [6.07, 6.45) is 5.73. The monoisotopic (exact) mass is 283 g/mol. The van der Waals surface area contributed by atoms with Crippen LogP contribution < -0.4 is 10.5 Å². The molecule has 2 rings (SSSR count). The number of benzene rings is 1. The first-order chi connectivity index (χ1) is 9.05. The Balaban J connectivity index is 2.38. The van der Waals surface area contributed by atoms with Gasteiger partial charge in [-0.2, -0.15) is 0 Å². The molecule has 1 saturated carbocycles. The zero-order valence-corrected chi connectivity index (χ0v) is 12.1. The standard InChI is InChI=1S/C14H21NO3S/c1-18-13-10-11(15)8-9-14(13)19(16,17)12-6-4-2-3-5-7-12/h8-10,12H,2-7,15H2,1H3. The molecule has 0 spiro atoms. The molecular formula is C14H21NO3S. The molecule has 2 N–H and O–H groups in total. The van der Waals surface area contributed by atoms with Crippen molar-refractivity contribution in [2.24, 2.45) is 0 Å². The van der Waals surface area contributed by atoms with Gasteiger partial charge < -0.3 is 10.5 Å². The predicted molar refractivity (Wildman–Crippen MR) is 76.1 cm³/mol. The van der Waals surface area contributed by atoms with Gasteiger partial charge in [-0.05, 0) is 25.0 Å². The van der Waals surface area contributed by atoms with Crippen LogP contribution in [0.15, 0.2) is 23.1 Å². The number of sulfone groups is 1.